The van der Waals surface area contributed by atoms with Crippen molar-refractivity contribution in [3.8, 4) is 0 Å². The molecule has 0 fully saturated rings. The lowest BCUT2D eigenvalue weighted by molar-refractivity contribution is -0.130. The van der Waals surface area contributed by atoms with E-state index in [9.17, 15) is 13.2 Å². The molecule has 5 nitrogen and oxygen atoms in total. The summed E-state index contributed by atoms with van der Waals surface area (Å²) in [4.78, 5) is 11.9. The Balaban J connectivity index is -0.00000128. The molecule has 0 spiro atoms. The highest BCUT2D eigenvalue weighted by Gasteiger charge is 2.33. The zero-order valence-corrected chi connectivity index (χ0v) is 12.3. The van der Waals surface area contributed by atoms with E-state index in [1.165, 1.54) is 0 Å². The number of hydrogen-bond acceptors (Lipinski definition) is 4. The standard InChI is InChI=1S/C11H23NO4S.2CH4/c1-7-10(2,3)9(13)12-11(4,5)8-17(14,15)16-6;;/h7-8H2,1-6H3,(H,12,13);2*1H4. The normalized spacial score (nSPS) is 12.1. The zero-order chi connectivity index (χ0) is 13.9. The fraction of sp³-hybridized carbons (Fsp3) is 0.923. The lowest BCUT2D eigenvalue weighted by atomic mass is 9.88. The van der Waals surface area contributed by atoms with Crippen LogP contribution in [-0.2, 0) is 19.1 Å². The molecular formula is C13H31NO4S. The zero-order valence-electron chi connectivity index (χ0n) is 11.5. The Morgan fingerprint density at radius 1 is 1.16 bits per heavy atom. The molecule has 0 heterocycles. The molecule has 1 N–H and O–H groups in total. The van der Waals surface area contributed by atoms with E-state index in [0.717, 1.165) is 7.11 Å². The van der Waals surface area contributed by atoms with Crippen molar-refractivity contribution in [2.45, 2.75) is 61.4 Å². The highest BCUT2D eigenvalue weighted by atomic mass is 32.2. The van der Waals surface area contributed by atoms with Gasteiger partial charge < -0.3 is 5.32 Å². The smallest absolute Gasteiger partial charge is 0.269 e. The number of nitrogens with one attached hydrogen (secondary N) is 1. The van der Waals surface area contributed by atoms with Crippen LogP contribution in [0, 0.1) is 5.41 Å². The molecule has 19 heavy (non-hydrogen) atoms. The van der Waals surface area contributed by atoms with Gasteiger partial charge in [0.05, 0.1) is 18.4 Å². The van der Waals surface area contributed by atoms with Gasteiger partial charge in [0.15, 0.2) is 0 Å². The van der Waals surface area contributed by atoms with Crippen LogP contribution in [-0.4, -0.2) is 32.7 Å². The Hall–Kier alpha value is -0.620. The maximum absolute atomic E-state index is 11.9. The van der Waals surface area contributed by atoms with Gasteiger partial charge in [-0.2, -0.15) is 8.42 Å². The molecule has 118 valence electrons. The maximum Gasteiger partial charge on any atom is 0.269 e. The summed E-state index contributed by atoms with van der Waals surface area (Å²) in [6, 6.07) is 0. The monoisotopic (exact) mass is 297 g/mol. The SMILES string of the molecule is C.C.CCC(C)(C)C(=O)NC(C)(C)CS(=O)(=O)OC. The molecule has 0 radical (unpaired) electrons. The number of carbonyl (C=O) groups is 1. The van der Waals surface area contributed by atoms with E-state index in [4.69, 9.17) is 0 Å². The molecule has 0 atom stereocenters. The molecule has 0 aliphatic heterocycles. The maximum atomic E-state index is 11.9. The topological polar surface area (TPSA) is 72.5 Å². The quantitative estimate of drug-likeness (QED) is 0.765. The van der Waals surface area contributed by atoms with Crippen LogP contribution in [0.3, 0.4) is 0 Å². The van der Waals surface area contributed by atoms with E-state index in [2.05, 4.69) is 9.50 Å². The summed E-state index contributed by atoms with van der Waals surface area (Å²) >= 11 is 0. The molecule has 0 aliphatic carbocycles. The Morgan fingerprint density at radius 2 is 1.58 bits per heavy atom. The van der Waals surface area contributed by atoms with Gasteiger partial charge in [0.1, 0.15) is 0 Å². The van der Waals surface area contributed by atoms with Crippen LogP contribution in [0.2, 0.25) is 0 Å². The van der Waals surface area contributed by atoms with Crippen LogP contribution in [0.25, 0.3) is 0 Å². The Labute approximate surface area is 119 Å². The molecule has 0 aliphatic rings. The fourth-order valence-corrected chi connectivity index (χ4v) is 2.25. The molecular weight excluding hydrogens is 266 g/mol. The van der Waals surface area contributed by atoms with Crippen LogP contribution in [0.4, 0.5) is 0 Å². The van der Waals surface area contributed by atoms with Gasteiger partial charge in [0.25, 0.3) is 10.1 Å². The Kier molecular flexibility index (Phi) is 9.69. The van der Waals surface area contributed by atoms with Gasteiger partial charge in [-0.3, -0.25) is 8.98 Å². The third-order valence-corrected chi connectivity index (χ3v) is 4.33. The van der Waals surface area contributed by atoms with E-state index in [1.807, 2.05) is 20.8 Å². The molecule has 0 unspecified atom stereocenters. The third-order valence-electron chi connectivity index (χ3n) is 2.74. The van der Waals surface area contributed by atoms with Gasteiger partial charge in [0, 0.05) is 5.41 Å². The molecule has 0 bridgehead atoms. The van der Waals surface area contributed by atoms with Gasteiger partial charge >= 0.3 is 0 Å². The highest BCUT2D eigenvalue weighted by molar-refractivity contribution is 7.86. The molecule has 0 saturated heterocycles. The number of carbonyl (C=O) groups excluding carboxylic acids is 1. The predicted molar refractivity (Wildman–Crippen MR) is 80.6 cm³/mol. The molecule has 0 aromatic carbocycles. The molecule has 6 heteroatoms. The van der Waals surface area contributed by atoms with Crippen molar-refractivity contribution in [1.29, 1.82) is 0 Å². The summed E-state index contributed by atoms with van der Waals surface area (Å²) in [5, 5.41) is 2.74. The van der Waals surface area contributed by atoms with Crippen LogP contribution in [0.15, 0.2) is 0 Å². The van der Waals surface area contributed by atoms with E-state index in [-0.39, 0.29) is 26.5 Å². The van der Waals surface area contributed by atoms with Crippen LogP contribution in [0.5, 0.6) is 0 Å². The van der Waals surface area contributed by atoms with Crippen molar-refractivity contribution >= 4 is 16.0 Å². The predicted octanol–water partition coefficient (Wildman–Crippen LogP) is 2.57. The summed E-state index contributed by atoms with van der Waals surface area (Å²) in [7, 11) is -2.48. The summed E-state index contributed by atoms with van der Waals surface area (Å²) < 4.78 is 27.1. The van der Waals surface area contributed by atoms with Gasteiger partial charge in [-0.15, -0.1) is 0 Å². The van der Waals surface area contributed by atoms with E-state index >= 15 is 0 Å². The summed E-state index contributed by atoms with van der Waals surface area (Å²) in [5.74, 6) is -0.404. The van der Waals surface area contributed by atoms with Crippen molar-refractivity contribution in [3.63, 3.8) is 0 Å². The van der Waals surface area contributed by atoms with Crippen molar-refractivity contribution < 1.29 is 17.4 Å². The van der Waals surface area contributed by atoms with E-state index in [0.29, 0.717) is 6.42 Å². The lowest BCUT2D eigenvalue weighted by Gasteiger charge is -2.30. The first kappa shape index (κ1) is 23.5. The minimum atomic E-state index is -3.59. The van der Waals surface area contributed by atoms with Crippen LogP contribution >= 0.6 is 0 Å². The number of rotatable bonds is 6. The second-order valence-electron chi connectivity index (χ2n) is 5.44. The molecule has 0 rings (SSSR count). The van der Waals surface area contributed by atoms with Crippen LogP contribution in [0.1, 0.15) is 55.9 Å². The van der Waals surface area contributed by atoms with Crippen molar-refractivity contribution in [1.82, 2.24) is 5.32 Å². The lowest BCUT2D eigenvalue weighted by Crippen LogP contribution is -2.52. The van der Waals surface area contributed by atoms with E-state index in [1.54, 1.807) is 13.8 Å². The van der Waals surface area contributed by atoms with Crippen LogP contribution < -0.4 is 5.32 Å². The average Bonchev–Trinajstić information content (AvgIpc) is 2.15. The van der Waals surface area contributed by atoms with Gasteiger partial charge in [-0.25, -0.2) is 0 Å². The first-order valence-electron chi connectivity index (χ1n) is 5.57. The largest absolute Gasteiger partial charge is 0.350 e. The van der Waals surface area contributed by atoms with Crippen molar-refractivity contribution in [2.24, 2.45) is 5.41 Å². The molecule has 0 aromatic rings. The second kappa shape index (κ2) is 7.85. The molecule has 0 saturated carbocycles. The third kappa shape index (κ3) is 8.21. The van der Waals surface area contributed by atoms with Gasteiger partial charge in [0.2, 0.25) is 5.91 Å². The minimum absolute atomic E-state index is 0. The highest BCUT2D eigenvalue weighted by Crippen LogP contribution is 2.21. The average molecular weight is 297 g/mol. The fourth-order valence-electron chi connectivity index (χ4n) is 1.17. The molecule has 1 amide bonds. The number of amides is 1. The Morgan fingerprint density at radius 3 is 1.89 bits per heavy atom. The summed E-state index contributed by atoms with van der Waals surface area (Å²) in [6.07, 6.45) is 0.686. The van der Waals surface area contributed by atoms with E-state index < -0.39 is 21.1 Å². The second-order valence-corrected chi connectivity index (χ2v) is 7.18. The number of hydrogen-bond donors (Lipinski definition) is 1. The first-order chi connectivity index (χ1) is 7.46. The minimum Gasteiger partial charge on any atom is -0.350 e. The van der Waals surface area contributed by atoms with Crippen molar-refractivity contribution in [2.75, 3.05) is 12.9 Å². The summed E-state index contributed by atoms with van der Waals surface area (Å²) in [5.41, 5.74) is -1.35. The van der Waals surface area contributed by atoms with Gasteiger partial charge in [-0.05, 0) is 20.3 Å². The summed E-state index contributed by atoms with van der Waals surface area (Å²) in [6.45, 7) is 8.88. The van der Waals surface area contributed by atoms with Crippen molar-refractivity contribution in [3.05, 3.63) is 0 Å². The Bertz CT molecular complexity index is 372. The molecule has 0 aromatic heterocycles. The first-order valence-corrected chi connectivity index (χ1v) is 7.14. The van der Waals surface area contributed by atoms with Gasteiger partial charge in [-0.1, -0.05) is 35.6 Å².